The normalized spacial score (nSPS) is 11.0. The van der Waals surface area contributed by atoms with E-state index in [1.807, 2.05) is 67.8 Å². The maximum absolute atomic E-state index is 12.4. The molecule has 0 radical (unpaired) electrons. The summed E-state index contributed by atoms with van der Waals surface area (Å²) in [6.45, 7) is 11.4. The minimum Gasteiger partial charge on any atom is -0.485 e. The van der Waals surface area contributed by atoms with Gasteiger partial charge in [-0.05, 0) is 55.5 Å². The number of nitrogens with zero attached hydrogens (tertiary/aromatic N) is 3. The van der Waals surface area contributed by atoms with E-state index in [0.29, 0.717) is 24.2 Å². The molecule has 0 fully saturated rings. The molecule has 0 saturated heterocycles. The molecule has 1 amide bonds. The number of carbonyl (C=O) groups excluding carboxylic acids is 1. The van der Waals surface area contributed by atoms with E-state index in [1.165, 1.54) is 17.3 Å². The van der Waals surface area contributed by atoms with Crippen molar-refractivity contribution in [3.63, 3.8) is 0 Å². The predicted molar refractivity (Wildman–Crippen MR) is 126 cm³/mol. The molecule has 0 bridgehead atoms. The van der Waals surface area contributed by atoms with E-state index in [9.17, 15) is 4.79 Å². The van der Waals surface area contributed by atoms with Crippen LogP contribution in [-0.4, -0.2) is 26.4 Å². The second-order valence-corrected chi connectivity index (χ2v) is 8.71. The van der Waals surface area contributed by atoms with Crippen LogP contribution in [0.1, 0.15) is 49.2 Å². The zero-order valence-electron chi connectivity index (χ0n) is 18.8. The average Bonchev–Trinajstić information content (AvgIpc) is 3.14. The number of carbonyl (C=O) groups is 1. The van der Waals surface area contributed by atoms with Crippen LogP contribution in [0.15, 0.2) is 47.6 Å². The Morgan fingerprint density at radius 2 is 1.77 bits per heavy atom. The molecule has 0 unspecified atom stereocenters. The molecule has 6 nitrogen and oxygen atoms in total. The fourth-order valence-electron chi connectivity index (χ4n) is 3.29. The number of aryl methyl sites for hydroxylation is 2. The Bertz CT molecular complexity index is 1010. The highest BCUT2D eigenvalue weighted by Crippen LogP contribution is 2.24. The molecule has 1 aromatic heterocycles. The third-order valence-electron chi connectivity index (χ3n) is 5.06. The van der Waals surface area contributed by atoms with E-state index in [-0.39, 0.29) is 11.7 Å². The van der Waals surface area contributed by atoms with Crippen molar-refractivity contribution >= 4 is 23.4 Å². The summed E-state index contributed by atoms with van der Waals surface area (Å²) < 4.78 is 8.02. The van der Waals surface area contributed by atoms with Gasteiger partial charge in [-0.3, -0.25) is 4.79 Å². The summed E-state index contributed by atoms with van der Waals surface area (Å²) in [7, 11) is 0. The monoisotopic (exact) mass is 438 g/mol. The van der Waals surface area contributed by atoms with Crippen LogP contribution in [0.5, 0.6) is 5.75 Å². The largest absolute Gasteiger partial charge is 0.485 e. The SMILES string of the molecule is CCn1c(COc2c(C)cccc2C)nnc1SCC(=O)Nc1ccc(C(C)C)cc1. The maximum Gasteiger partial charge on any atom is 0.234 e. The second kappa shape index (κ2) is 10.5. The van der Waals surface area contributed by atoms with Gasteiger partial charge in [0.05, 0.1) is 5.75 Å². The summed E-state index contributed by atoms with van der Waals surface area (Å²) in [6, 6.07) is 14.1. The van der Waals surface area contributed by atoms with Crippen molar-refractivity contribution in [2.45, 2.75) is 58.8 Å². The van der Waals surface area contributed by atoms with Crippen LogP contribution in [0.4, 0.5) is 5.69 Å². The molecule has 7 heteroatoms. The first-order valence-corrected chi connectivity index (χ1v) is 11.5. The van der Waals surface area contributed by atoms with Gasteiger partial charge in [-0.1, -0.05) is 55.9 Å². The number of hydrogen-bond donors (Lipinski definition) is 1. The van der Waals surface area contributed by atoms with Crippen LogP contribution in [-0.2, 0) is 17.9 Å². The Morgan fingerprint density at radius 1 is 1.10 bits per heavy atom. The molecule has 3 rings (SSSR count). The van der Waals surface area contributed by atoms with Crippen LogP contribution in [0.25, 0.3) is 0 Å². The lowest BCUT2D eigenvalue weighted by Crippen LogP contribution is -2.15. The Morgan fingerprint density at radius 3 is 2.39 bits per heavy atom. The van der Waals surface area contributed by atoms with Crippen molar-refractivity contribution in [1.29, 1.82) is 0 Å². The molecule has 0 atom stereocenters. The van der Waals surface area contributed by atoms with Crippen LogP contribution >= 0.6 is 11.8 Å². The van der Waals surface area contributed by atoms with Crippen LogP contribution in [0, 0.1) is 13.8 Å². The number of anilines is 1. The fraction of sp³-hybridized carbons (Fsp3) is 0.375. The van der Waals surface area contributed by atoms with E-state index in [0.717, 1.165) is 28.4 Å². The van der Waals surface area contributed by atoms with Crippen LogP contribution < -0.4 is 10.1 Å². The molecule has 0 aliphatic carbocycles. The third-order valence-corrected chi connectivity index (χ3v) is 6.02. The lowest BCUT2D eigenvalue weighted by atomic mass is 10.0. The Labute approximate surface area is 188 Å². The van der Waals surface area contributed by atoms with E-state index < -0.39 is 0 Å². The molecule has 0 aliphatic rings. The van der Waals surface area contributed by atoms with Gasteiger partial charge in [0.2, 0.25) is 5.91 Å². The number of rotatable bonds is 9. The molecule has 1 heterocycles. The molecule has 1 N–H and O–H groups in total. The Kier molecular flexibility index (Phi) is 7.74. The maximum atomic E-state index is 12.4. The van der Waals surface area contributed by atoms with E-state index in [1.54, 1.807) is 0 Å². The topological polar surface area (TPSA) is 69.0 Å². The fourth-order valence-corrected chi connectivity index (χ4v) is 4.11. The number of para-hydroxylation sites is 1. The van der Waals surface area contributed by atoms with Gasteiger partial charge in [-0.2, -0.15) is 0 Å². The van der Waals surface area contributed by atoms with Crippen molar-refractivity contribution in [2.75, 3.05) is 11.1 Å². The first-order chi connectivity index (χ1) is 14.9. The molecule has 164 valence electrons. The molecule has 2 aromatic carbocycles. The highest BCUT2D eigenvalue weighted by atomic mass is 32.2. The number of hydrogen-bond acceptors (Lipinski definition) is 5. The van der Waals surface area contributed by atoms with E-state index >= 15 is 0 Å². The molecule has 3 aromatic rings. The number of amides is 1. The lowest BCUT2D eigenvalue weighted by Gasteiger charge is -2.12. The minimum absolute atomic E-state index is 0.0683. The van der Waals surface area contributed by atoms with Gasteiger partial charge in [0.15, 0.2) is 11.0 Å². The number of ether oxygens (including phenoxy) is 1. The van der Waals surface area contributed by atoms with Crippen LogP contribution in [0.2, 0.25) is 0 Å². The summed E-state index contributed by atoms with van der Waals surface area (Å²) in [5.41, 5.74) is 4.24. The molecule has 0 aliphatic heterocycles. The van der Waals surface area contributed by atoms with E-state index in [2.05, 4.69) is 29.4 Å². The number of thioether (sulfide) groups is 1. The Hall–Kier alpha value is -2.80. The molecule has 0 spiro atoms. The van der Waals surface area contributed by atoms with Crippen molar-refractivity contribution in [1.82, 2.24) is 14.8 Å². The number of nitrogens with one attached hydrogen (secondary N) is 1. The summed E-state index contributed by atoms with van der Waals surface area (Å²) >= 11 is 1.38. The van der Waals surface area contributed by atoms with Gasteiger partial charge in [0, 0.05) is 12.2 Å². The third kappa shape index (κ3) is 5.88. The molecular formula is C24H30N4O2S. The first-order valence-electron chi connectivity index (χ1n) is 10.5. The minimum atomic E-state index is -0.0683. The van der Waals surface area contributed by atoms with Gasteiger partial charge in [0.25, 0.3) is 0 Å². The number of benzene rings is 2. The average molecular weight is 439 g/mol. The molecule has 31 heavy (non-hydrogen) atoms. The quantitative estimate of drug-likeness (QED) is 0.456. The van der Waals surface area contributed by atoms with Crippen molar-refractivity contribution in [3.05, 3.63) is 65.0 Å². The number of aromatic nitrogens is 3. The standard InChI is InChI=1S/C24H30N4O2S/c1-6-28-21(14-30-23-17(4)8-7-9-18(23)5)26-27-24(28)31-15-22(29)25-20-12-10-19(11-13-20)16(2)3/h7-13,16H,6,14-15H2,1-5H3,(H,25,29). The van der Waals surface area contributed by atoms with E-state index in [4.69, 9.17) is 4.74 Å². The molecular weight excluding hydrogens is 408 g/mol. The van der Waals surface area contributed by atoms with Gasteiger partial charge in [-0.25, -0.2) is 0 Å². The predicted octanol–water partition coefficient (Wildman–Crippen LogP) is 5.35. The first kappa shape index (κ1) is 22.9. The summed E-state index contributed by atoms with van der Waals surface area (Å²) in [5.74, 6) is 2.29. The summed E-state index contributed by atoms with van der Waals surface area (Å²) in [4.78, 5) is 12.4. The second-order valence-electron chi connectivity index (χ2n) is 7.77. The summed E-state index contributed by atoms with van der Waals surface area (Å²) in [5, 5.41) is 12.2. The van der Waals surface area contributed by atoms with Gasteiger partial charge in [0.1, 0.15) is 12.4 Å². The van der Waals surface area contributed by atoms with Crippen molar-refractivity contribution in [3.8, 4) is 5.75 Å². The van der Waals surface area contributed by atoms with Crippen LogP contribution in [0.3, 0.4) is 0 Å². The van der Waals surface area contributed by atoms with Crippen molar-refractivity contribution < 1.29 is 9.53 Å². The molecule has 0 saturated carbocycles. The smallest absolute Gasteiger partial charge is 0.234 e. The van der Waals surface area contributed by atoms with Gasteiger partial charge in [-0.15, -0.1) is 10.2 Å². The van der Waals surface area contributed by atoms with Gasteiger partial charge < -0.3 is 14.6 Å². The summed E-state index contributed by atoms with van der Waals surface area (Å²) in [6.07, 6.45) is 0. The Balaban J connectivity index is 1.58. The lowest BCUT2D eigenvalue weighted by molar-refractivity contribution is -0.113. The van der Waals surface area contributed by atoms with Gasteiger partial charge >= 0.3 is 0 Å². The zero-order valence-corrected chi connectivity index (χ0v) is 19.6. The zero-order chi connectivity index (χ0) is 22.4. The van der Waals surface area contributed by atoms with Crippen molar-refractivity contribution in [2.24, 2.45) is 0 Å². The highest BCUT2D eigenvalue weighted by molar-refractivity contribution is 7.99. The highest BCUT2D eigenvalue weighted by Gasteiger charge is 2.15.